The molecule has 196 valence electrons. The molecule has 0 bridgehead atoms. The van der Waals surface area contributed by atoms with Crippen molar-refractivity contribution in [1.82, 2.24) is 0 Å². The first-order valence-corrected chi connectivity index (χ1v) is 15.9. The van der Waals surface area contributed by atoms with E-state index in [0.29, 0.717) is 0 Å². The highest BCUT2D eigenvalue weighted by Gasteiger charge is 2.20. The van der Waals surface area contributed by atoms with Gasteiger partial charge in [0, 0.05) is 35.1 Å². The molecule has 2 aromatic heterocycles. The Labute approximate surface area is 251 Å². The van der Waals surface area contributed by atoms with E-state index in [0.717, 1.165) is 0 Å². The van der Waals surface area contributed by atoms with E-state index in [1.165, 1.54) is 84.5 Å². The van der Waals surface area contributed by atoms with Gasteiger partial charge in [0.25, 0.3) is 0 Å². The summed E-state index contributed by atoms with van der Waals surface area (Å²) >= 11 is 3.81. The number of benzene rings is 7. The summed E-state index contributed by atoms with van der Waals surface area (Å²) in [7, 11) is 0. The Hall–Kier alpha value is -4.76. The van der Waals surface area contributed by atoms with Crippen molar-refractivity contribution in [2.75, 3.05) is 0 Å². The summed E-state index contributed by atoms with van der Waals surface area (Å²) in [6.07, 6.45) is 0. The van der Waals surface area contributed by atoms with Crippen molar-refractivity contribution in [2.24, 2.45) is 0 Å². The molecule has 9 rings (SSSR count). The van der Waals surface area contributed by atoms with E-state index in [1.54, 1.807) is 0 Å². The van der Waals surface area contributed by atoms with Gasteiger partial charge < -0.3 is 0 Å². The molecule has 9 aromatic rings. The van der Waals surface area contributed by atoms with E-state index in [1.807, 2.05) is 22.7 Å². The van der Waals surface area contributed by atoms with Crippen LogP contribution < -0.4 is 0 Å². The highest BCUT2D eigenvalue weighted by atomic mass is 32.1. The first-order valence-electron chi connectivity index (χ1n) is 14.3. The molecule has 0 aliphatic rings. The Balaban J connectivity index is 1.39. The van der Waals surface area contributed by atoms with Crippen LogP contribution in [-0.4, -0.2) is 0 Å². The quantitative estimate of drug-likeness (QED) is 0.186. The average molecular weight is 569 g/mol. The fourth-order valence-corrected chi connectivity index (χ4v) is 9.07. The van der Waals surface area contributed by atoms with E-state index in [2.05, 4.69) is 146 Å². The first kappa shape index (κ1) is 23.9. The number of thiophene rings is 2. The predicted molar refractivity (Wildman–Crippen MR) is 186 cm³/mol. The minimum Gasteiger partial charge on any atom is -0.135 e. The molecule has 0 amide bonds. The van der Waals surface area contributed by atoms with Gasteiger partial charge in [0.15, 0.2) is 0 Å². The number of fused-ring (bicyclic) bond motifs is 7. The lowest BCUT2D eigenvalue weighted by atomic mass is 9.85. The average Bonchev–Trinajstić information content (AvgIpc) is 3.66. The van der Waals surface area contributed by atoms with Crippen LogP contribution in [0.25, 0.3) is 84.5 Å². The minimum atomic E-state index is 1.25. The third-order valence-corrected chi connectivity index (χ3v) is 10.8. The van der Waals surface area contributed by atoms with Crippen LogP contribution in [-0.2, 0) is 0 Å². The molecule has 0 N–H and O–H groups in total. The second-order valence-electron chi connectivity index (χ2n) is 10.8. The van der Waals surface area contributed by atoms with E-state index in [9.17, 15) is 0 Å². The maximum Gasteiger partial charge on any atom is 0.0442 e. The summed E-state index contributed by atoms with van der Waals surface area (Å²) < 4.78 is 4.06. The van der Waals surface area contributed by atoms with Crippen LogP contribution in [0.3, 0.4) is 0 Å². The molecule has 0 atom stereocenters. The third-order valence-electron chi connectivity index (χ3n) is 8.48. The minimum absolute atomic E-state index is 1.25. The van der Waals surface area contributed by atoms with Gasteiger partial charge in [-0.05, 0) is 67.6 Å². The summed E-state index contributed by atoms with van der Waals surface area (Å²) in [5.74, 6) is 0. The maximum absolute atomic E-state index is 2.40. The standard InChI is InChI=1S/C40H24S2/c1-3-12-25(13-4-1)36-24-33-34(41-36)23-22-32-39-31(20-11-21-35(39)42-40(32)33)38-29-18-9-7-16-27(29)37(26-14-5-2-6-15-26)28-17-8-10-19-30(28)38/h1-24H. The Morgan fingerprint density at radius 3 is 1.62 bits per heavy atom. The van der Waals surface area contributed by atoms with Crippen LogP contribution in [0.5, 0.6) is 0 Å². The van der Waals surface area contributed by atoms with E-state index >= 15 is 0 Å². The fraction of sp³-hybridized carbons (Fsp3) is 0. The molecule has 2 heterocycles. The number of rotatable bonds is 3. The molecule has 0 aliphatic carbocycles. The Morgan fingerprint density at radius 2 is 0.952 bits per heavy atom. The third kappa shape index (κ3) is 3.53. The molecular formula is C40H24S2. The SMILES string of the molecule is c1ccc(-c2cc3c(ccc4c3sc3cccc(-c5c6ccccc6c(-c6ccccc6)c6ccccc56)c34)s2)cc1. The van der Waals surface area contributed by atoms with E-state index in [4.69, 9.17) is 0 Å². The van der Waals surface area contributed by atoms with E-state index in [-0.39, 0.29) is 0 Å². The van der Waals surface area contributed by atoms with Crippen LogP contribution >= 0.6 is 22.7 Å². The lowest BCUT2D eigenvalue weighted by Gasteiger charge is -2.18. The molecule has 0 aliphatic heterocycles. The van der Waals surface area contributed by atoms with Gasteiger partial charge in [-0.1, -0.05) is 127 Å². The second kappa shape index (κ2) is 9.39. The number of hydrogen-bond donors (Lipinski definition) is 0. The van der Waals surface area contributed by atoms with Gasteiger partial charge in [0.2, 0.25) is 0 Å². The van der Waals surface area contributed by atoms with Gasteiger partial charge in [0.1, 0.15) is 0 Å². The molecular weight excluding hydrogens is 545 g/mol. The van der Waals surface area contributed by atoms with Gasteiger partial charge in [-0.2, -0.15) is 0 Å². The molecule has 7 aromatic carbocycles. The van der Waals surface area contributed by atoms with Crippen LogP contribution in [0.1, 0.15) is 0 Å². The molecule has 42 heavy (non-hydrogen) atoms. The molecule has 0 radical (unpaired) electrons. The first-order chi connectivity index (χ1) is 20.8. The highest BCUT2D eigenvalue weighted by molar-refractivity contribution is 7.28. The van der Waals surface area contributed by atoms with Gasteiger partial charge >= 0.3 is 0 Å². The van der Waals surface area contributed by atoms with Crippen molar-refractivity contribution < 1.29 is 0 Å². The van der Waals surface area contributed by atoms with Crippen molar-refractivity contribution in [1.29, 1.82) is 0 Å². The Bertz CT molecular complexity index is 2390. The highest BCUT2D eigenvalue weighted by Crippen LogP contribution is 2.49. The fourth-order valence-electron chi connectivity index (χ4n) is 6.68. The van der Waals surface area contributed by atoms with Crippen LogP contribution in [0.4, 0.5) is 0 Å². The summed E-state index contributed by atoms with van der Waals surface area (Å²) in [5.41, 5.74) is 6.47. The summed E-state index contributed by atoms with van der Waals surface area (Å²) in [4.78, 5) is 1.32. The van der Waals surface area contributed by atoms with Crippen LogP contribution in [0.15, 0.2) is 146 Å². The zero-order valence-corrected chi connectivity index (χ0v) is 24.3. The molecule has 0 unspecified atom stereocenters. The predicted octanol–water partition coefficient (Wildman–Crippen LogP) is 12.6. The van der Waals surface area contributed by atoms with Crippen molar-refractivity contribution in [3.05, 3.63) is 146 Å². The largest absolute Gasteiger partial charge is 0.135 e. The molecule has 0 saturated carbocycles. The normalized spacial score (nSPS) is 11.8. The van der Waals surface area contributed by atoms with Gasteiger partial charge in [-0.3, -0.25) is 0 Å². The lowest BCUT2D eigenvalue weighted by Crippen LogP contribution is -1.91. The Morgan fingerprint density at radius 1 is 0.357 bits per heavy atom. The topological polar surface area (TPSA) is 0 Å². The second-order valence-corrected chi connectivity index (χ2v) is 13.0. The summed E-state index contributed by atoms with van der Waals surface area (Å²) in [5, 5.41) is 9.24. The molecule has 0 nitrogen and oxygen atoms in total. The zero-order chi connectivity index (χ0) is 27.6. The monoisotopic (exact) mass is 568 g/mol. The van der Waals surface area contributed by atoms with Crippen LogP contribution in [0.2, 0.25) is 0 Å². The smallest absolute Gasteiger partial charge is 0.0442 e. The van der Waals surface area contributed by atoms with Gasteiger partial charge in [-0.25, -0.2) is 0 Å². The molecule has 0 saturated heterocycles. The van der Waals surface area contributed by atoms with Crippen molar-refractivity contribution in [2.45, 2.75) is 0 Å². The zero-order valence-electron chi connectivity index (χ0n) is 22.7. The lowest BCUT2D eigenvalue weighted by molar-refractivity contribution is 1.67. The summed E-state index contributed by atoms with van der Waals surface area (Å²) in [6.45, 7) is 0. The van der Waals surface area contributed by atoms with Crippen LogP contribution in [0, 0.1) is 0 Å². The van der Waals surface area contributed by atoms with E-state index < -0.39 is 0 Å². The molecule has 2 heteroatoms. The van der Waals surface area contributed by atoms with Gasteiger partial charge in [-0.15, -0.1) is 22.7 Å². The summed E-state index contributed by atoms with van der Waals surface area (Å²) in [6, 6.07) is 53.4. The number of hydrogen-bond acceptors (Lipinski definition) is 2. The van der Waals surface area contributed by atoms with Crippen molar-refractivity contribution in [3.63, 3.8) is 0 Å². The maximum atomic E-state index is 2.40. The van der Waals surface area contributed by atoms with Crippen molar-refractivity contribution >= 4 is 74.5 Å². The van der Waals surface area contributed by atoms with Crippen molar-refractivity contribution in [3.8, 4) is 32.7 Å². The Kier molecular flexibility index (Phi) is 5.34. The molecule has 0 fully saturated rings. The van der Waals surface area contributed by atoms with Gasteiger partial charge in [0.05, 0.1) is 0 Å². The molecule has 0 spiro atoms.